The monoisotopic (exact) mass is 828 g/mol. The van der Waals surface area contributed by atoms with Gasteiger partial charge in [-0.15, -0.1) is 0 Å². The van der Waals surface area contributed by atoms with E-state index in [-0.39, 0.29) is 29.9 Å². The Bertz CT molecular complexity index is 1740. The molecule has 3 fully saturated rings. The number of hydrogen-bond donors (Lipinski definition) is 8. The summed E-state index contributed by atoms with van der Waals surface area (Å²) in [6.07, 6.45) is -17.1. The van der Waals surface area contributed by atoms with Crippen molar-refractivity contribution in [3.05, 3.63) is 47.0 Å². The van der Waals surface area contributed by atoms with Gasteiger partial charge in [0.15, 0.2) is 12.6 Å². The Balaban J connectivity index is 1.05. The van der Waals surface area contributed by atoms with E-state index in [0.717, 1.165) is 19.4 Å². The molecule has 3 saturated heterocycles. The van der Waals surface area contributed by atoms with Gasteiger partial charge in [0.05, 0.1) is 48.2 Å². The molecule has 18 unspecified atom stereocenters. The topological polar surface area (TPSA) is 322 Å². The standard InChI is InChI=1S/C36H44O22/c1-11(38)49-6-13-3-17(40)23-15(8-52-33(21(13)23)57-35-29(45)27(43)25(41)19(5-37)55-35)31(47)51-10-20-26(42)28(44)30(46)36(56-20)58-34-22-14(7-50-12(2)39)4-18-24(22)16(9-53-34)32(48)54-18/h3-4,8-9,17-30,33-37,40-46H,5-7,10H2,1-2H3. The third kappa shape index (κ3) is 7.87. The Kier molecular flexibility index (Phi) is 12.3. The second kappa shape index (κ2) is 16.9. The molecule has 0 amide bonds. The smallest absolute Gasteiger partial charge is 0.338 e. The molecule has 7 rings (SSSR count). The first-order chi connectivity index (χ1) is 27.6. The summed E-state index contributed by atoms with van der Waals surface area (Å²) in [5.74, 6) is -6.62. The molecule has 0 spiro atoms. The molecule has 22 heteroatoms. The summed E-state index contributed by atoms with van der Waals surface area (Å²) < 4.78 is 55.6. The zero-order valence-corrected chi connectivity index (χ0v) is 30.8. The summed E-state index contributed by atoms with van der Waals surface area (Å²) in [6, 6.07) is 0. The molecule has 2 aliphatic carbocycles. The first-order valence-electron chi connectivity index (χ1n) is 18.4. The molecule has 0 aromatic rings. The maximum absolute atomic E-state index is 13.7. The maximum Gasteiger partial charge on any atom is 0.338 e. The van der Waals surface area contributed by atoms with Crippen LogP contribution in [0, 0.1) is 23.7 Å². The zero-order valence-electron chi connectivity index (χ0n) is 30.8. The number of carbonyl (C=O) groups excluding carboxylic acids is 4. The van der Waals surface area contributed by atoms with Crippen molar-refractivity contribution >= 4 is 23.9 Å². The van der Waals surface area contributed by atoms with E-state index in [9.17, 15) is 60.0 Å². The van der Waals surface area contributed by atoms with Gasteiger partial charge >= 0.3 is 23.9 Å². The number of aliphatic hydroxyl groups excluding tert-OH is 8. The highest BCUT2D eigenvalue weighted by atomic mass is 16.8. The highest BCUT2D eigenvalue weighted by Crippen LogP contribution is 2.49. The minimum atomic E-state index is -1.90. The van der Waals surface area contributed by atoms with Crippen molar-refractivity contribution < 1.29 is 107 Å². The first kappa shape index (κ1) is 42.1. The van der Waals surface area contributed by atoms with Crippen molar-refractivity contribution in [2.75, 3.05) is 26.4 Å². The Morgan fingerprint density at radius 1 is 0.638 bits per heavy atom. The van der Waals surface area contributed by atoms with Gasteiger partial charge in [-0.3, -0.25) is 9.59 Å². The van der Waals surface area contributed by atoms with Crippen molar-refractivity contribution in [1.82, 2.24) is 0 Å². The van der Waals surface area contributed by atoms with E-state index >= 15 is 0 Å². The number of ether oxygens (including phenoxy) is 10. The van der Waals surface area contributed by atoms with Gasteiger partial charge < -0.3 is 88.2 Å². The van der Waals surface area contributed by atoms with E-state index in [2.05, 4.69) is 0 Å². The van der Waals surface area contributed by atoms with Crippen molar-refractivity contribution in [3.8, 4) is 0 Å². The molecule has 0 aromatic heterocycles. The predicted octanol–water partition coefficient (Wildman–Crippen LogP) is -4.59. The van der Waals surface area contributed by atoms with Crippen LogP contribution < -0.4 is 0 Å². The SMILES string of the molecule is CC(=O)OCC1=CC(O)C2C(C(=O)OCC3OC(OC4OC=C5C(=O)OC6C=C(COC(C)=O)C4C56)C(O)C(O)C3O)=COC(OC3OC(CO)C(O)C(O)C3O)C12. The van der Waals surface area contributed by atoms with Crippen LogP contribution in [0.4, 0.5) is 0 Å². The second-order valence-electron chi connectivity index (χ2n) is 14.7. The maximum atomic E-state index is 13.7. The van der Waals surface area contributed by atoms with E-state index in [1.807, 2.05) is 0 Å². The van der Waals surface area contributed by atoms with Crippen molar-refractivity contribution in [2.24, 2.45) is 23.7 Å². The average molecular weight is 829 g/mol. The second-order valence-corrected chi connectivity index (χ2v) is 14.7. The molecule has 320 valence electrons. The lowest BCUT2D eigenvalue weighted by atomic mass is 9.82. The van der Waals surface area contributed by atoms with Gasteiger partial charge in [0.1, 0.15) is 74.8 Å². The van der Waals surface area contributed by atoms with Gasteiger partial charge in [-0.1, -0.05) is 6.08 Å². The van der Waals surface area contributed by atoms with E-state index in [4.69, 9.17) is 47.4 Å². The van der Waals surface area contributed by atoms with Crippen LogP contribution in [0.15, 0.2) is 47.0 Å². The minimum absolute atomic E-state index is 0.188. The van der Waals surface area contributed by atoms with E-state index in [1.54, 1.807) is 6.08 Å². The van der Waals surface area contributed by atoms with Gasteiger partial charge in [-0.25, -0.2) is 9.59 Å². The summed E-state index contributed by atoms with van der Waals surface area (Å²) in [4.78, 5) is 49.3. The van der Waals surface area contributed by atoms with Crippen LogP contribution in [0.3, 0.4) is 0 Å². The summed E-state index contributed by atoms with van der Waals surface area (Å²) in [5, 5.41) is 84.2. The number of hydrogen-bond acceptors (Lipinski definition) is 22. The average Bonchev–Trinajstić information content (AvgIpc) is 3.84. The van der Waals surface area contributed by atoms with Crippen LogP contribution in [-0.2, 0) is 66.5 Å². The lowest BCUT2D eigenvalue weighted by molar-refractivity contribution is -0.340. The summed E-state index contributed by atoms with van der Waals surface area (Å²) in [7, 11) is 0. The Hall–Kier alpha value is -4.04. The molecule has 0 radical (unpaired) electrons. The molecular formula is C36H44O22. The molecule has 58 heavy (non-hydrogen) atoms. The molecule has 5 heterocycles. The number of fused-ring (bicyclic) bond motifs is 1. The lowest BCUT2D eigenvalue weighted by Crippen LogP contribution is -2.60. The van der Waals surface area contributed by atoms with Crippen molar-refractivity contribution in [3.63, 3.8) is 0 Å². The molecule has 22 nitrogen and oxygen atoms in total. The number of carbonyl (C=O) groups is 4. The van der Waals surface area contributed by atoms with Crippen molar-refractivity contribution in [2.45, 2.75) is 100 Å². The Labute approximate surface area is 328 Å². The number of esters is 4. The highest BCUT2D eigenvalue weighted by molar-refractivity contribution is 5.92. The third-order valence-corrected chi connectivity index (χ3v) is 11.1. The predicted molar refractivity (Wildman–Crippen MR) is 179 cm³/mol. The van der Waals surface area contributed by atoms with Crippen molar-refractivity contribution in [1.29, 1.82) is 0 Å². The highest BCUT2D eigenvalue weighted by Gasteiger charge is 2.57. The fraction of sp³-hybridized carbons (Fsp3) is 0.667. The van der Waals surface area contributed by atoms with Gasteiger partial charge in [-0.05, 0) is 17.2 Å². The Morgan fingerprint density at radius 2 is 1.17 bits per heavy atom. The molecule has 5 aliphatic heterocycles. The fourth-order valence-electron chi connectivity index (χ4n) is 8.19. The molecule has 0 bridgehead atoms. The zero-order chi connectivity index (χ0) is 41.7. The third-order valence-electron chi connectivity index (χ3n) is 11.1. The van der Waals surface area contributed by atoms with Gasteiger partial charge in [-0.2, -0.15) is 0 Å². The van der Waals surface area contributed by atoms with Crippen LogP contribution in [0.2, 0.25) is 0 Å². The minimum Gasteiger partial charge on any atom is -0.471 e. The molecule has 7 aliphatic rings. The lowest BCUT2D eigenvalue weighted by Gasteiger charge is -2.43. The normalized spacial score (nSPS) is 42.6. The summed E-state index contributed by atoms with van der Waals surface area (Å²) >= 11 is 0. The van der Waals surface area contributed by atoms with Crippen LogP contribution in [-0.4, -0.2) is 177 Å². The van der Waals surface area contributed by atoms with Crippen LogP contribution in [0.5, 0.6) is 0 Å². The van der Waals surface area contributed by atoms with E-state index in [1.165, 1.54) is 13.0 Å². The van der Waals surface area contributed by atoms with Crippen LogP contribution in [0.25, 0.3) is 0 Å². The molecule has 8 N–H and O–H groups in total. The van der Waals surface area contributed by atoms with Crippen LogP contribution >= 0.6 is 0 Å². The quantitative estimate of drug-likeness (QED) is 0.0521. The molecule has 0 saturated carbocycles. The number of aliphatic hydroxyl groups is 8. The van der Waals surface area contributed by atoms with E-state index in [0.29, 0.717) is 5.57 Å². The molecular weight excluding hydrogens is 784 g/mol. The Morgan fingerprint density at radius 3 is 1.76 bits per heavy atom. The first-order valence-corrected chi connectivity index (χ1v) is 18.4. The number of rotatable bonds is 12. The largest absolute Gasteiger partial charge is 0.471 e. The van der Waals surface area contributed by atoms with Gasteiger partial charge in [0.25, 0.3) is 0 Å². The molecule has 0 aromatic carbocycles. The fourth-order valence-corrected chi connectivity index (χ4v) is 8.19. The summed E-state index contributed by atoms with van der Waals surface area (Å²) in [5.41, 5.74) is 0.661. The summed E-state index contributed by atoms with van der Waals surface area (Å²) in [6.45, 7) is 0.280. The van der Waals surface area contributed by atoms with Gasteiger partial charge in [0, 0.05) is 25.7 Å². The van der Waals surface area contributed by atoms with Crippen LogP contribution in [0.1, 0.15) is 13.8 Å². The van der Waals surface area contributed by atoms with Gasteiger partial charge in [0.2, 0.25) is 12.6 Å². The molecule has 18 atom stereocenters. The van der Waals surface area contributed by atoms with E-state index < -0.39 is 147 Å².